The van der Waals surface area contributed by atoms with E-state index in [9.17, 15) is 9.59 Å². The first-order valence-electron chi connectivity index (χ1n) is 8.04. The molecule has 0 spiro atoms. The summed E-state index contributed by atoms with van der Waals surface area (Å²) in [5.74, 6) is 5.62. The lowest BCUT2D eigenvalue weighted by molar-refractivity contribution is -0.126. The summed E-state index contributed by atoms with van der Waals surface area (Å²) in [5, 5.41) is 0. The van der Waals surface area contributed by atoms with Crippen LogP contribution in [0.5, 0.6) is 5.75 Å². The van der Waals surface area contributed by atoms with Crippen LogP contribution >= 0.6 is 0 Å². The van der Waals surface area contributed by atoms with E-state index >= 15 is 0 Å². The lowest BCUT2D eigenvalue weighted by Crippen LogP contribution is -2.47. The number of rotatable bonds is 5. The summed E-state index contributed by atoms with van der Waals surface area (Å²) in [7, 11) is 0. The quantitative estimate of drug-likeness (QED) is 0.490. The third-order valence-corrected chi connectivity index (χ3v) is 3.91. The summed E-state index contributed by atoms with van der Waals surface area (Å²) < 4.78 is 5.76. The second-order valence-electron chi connectivity index (χ2n) is 6.30. The van der Waals surface area contributed by atoms with Crippen LogP contribution in [-0.2, 0) is 4.79 Å². The van der Waals surface area contributed by atoms with Crippen molar-refractivity contribution in [2.45, 2.75) is 26.7 Å². The number of hydrazine groups is 1. The first kappa shape index (κ1) is 17.3. The second-order valence-corrected chi connectivity index (χ2v) is 6.30. The van der Waals surface area contributed by atoms with E-state index in [1.807, 2.05) is 18.2 Å². The second kappa shape index (κ2) is 7.97. The van der Waals surface area contributed by atoms with E-state index in [0.29, 0.717) is 36.9 Å². The van der Waals surface area contributed by atoms with Gasteiger partial charge in [-0.05, 0) is 30.9 Å². The maximum Gasteiger partial charge on any atom is 0.257 e. The number of ether oxygens (including phenoxy) is 1. The summed E-state index contributed by atoms with van der Waals surface area (Å²) in [6, 6.07) is 7.26. The molecule has 1 aliphatic rings. The predicted molar refractivity (Wildman–Crippen MR) is 87.7 cm³/mol. The number of nitrogens with one attached hydrogen (secondary N) is 1. The largest absolute Gasteiger partial charge is 0.492 e. The Hall–Kier alpha value is -2.08. The first-order chi connectivity index (χ1) is 11.0. The Morgan fingerprint density at radius 1 is 1.39 bits per heavy atom. The monoisotopic (exact) mass is 319 g/mol. The molecule has 1 aliphatic heterocycles. The maximum absolute atomic E-state index is 12.8. The van der Waals surface area contributed by atoms with E-state index in [0.717, 1.165) is 12.8 Å². The molecule has 1 aromatic rings. The molecule has 0 radical (unpaired) electrons. The average Bonchev–Trinajstić information content (AvgIpc) is 2.59. The van der Waals surface area contributed by atoms with Gasteiger partial charge in [0.2, 0.25) is 5.91 Å². The number of piperidine rings is 1. The van der Waals surface area contributed by atoms with E-state index < -0.39 is 0 Å². The smallest absolute Gasteiger partial charge is 0.257 e. The molecule has 0 aliphatic carbocycles. The van der Waals surface area contributed by atoms with E-state index in [2.05, 4.69) is 19.3 Å². The van der Waals surface area contributed by atoms with Gasteiger partial charge in [0.1, 0.15) is 5.75 Å². The van der Waals surface area contributed by atoms with Gasteiger partial charge in [-0.2, -0.15) is 0 Å². The molecule has 1 unspecified atom stereocenters. The molecule has 2 rings (SSSR count). The molecule has 0 saturated carbocycles. The summed E-state index contributed by atoms with van der Waals surface area (Å²) in [6.45, 7) is 5.71. The Morgan fingerprint density at radius 2 is 2.13 bits per heavy atom. The van der Waals surface area contributed by atoms with Crippen molar-refractivity contribution >= 4 is 11.8 Å². The van der Waals surface area contributed by atoms with Crippen molar-refractivity contribution < 1.29 is 14.3 Å². The summed E-state index contributed by atoms with van der Waals surface area (Å²) in [4.78, 5) is 26.2. The minimum absolute atomic E-state index is 0.0983. The van der Waals surface area contributed by atoms with E-state index in [1.165, 1.54) is 0 Å². The molecule has 2 amide bonds. The number of nitrogens with zero attached hydrogens (tertiary/aromatic N) is 1. The van der Waals surface area contributed by atoms with Gasteiger partial charge in [-0.25, -0.2) is 5.84 Å². The van der Waals surface area contributed by atoms with Crippen LogP contribution in [0.25, 0.3) is 0 Å². The Kier molecular flexibility index (Phi) is 5.98. The molecule has 23 heavy (non-hydrogen) atoms. The van der Waals surface area contributed by atoms with Crippen molar-refractivity contribution in [3.05, 3.63) is 29.8 Å². The lowest BCUT2D eigenvalue weighted by Gasteiger charge is -2.32. The van der Waals surface area contributed by atoms with Crippen molar-refractivity contribution in [1.29, 1.82) is 0 Å². The topological polar surface area (TPSA) is 84.7 Å². The number of para-hydroxylation sites is 1. The van der Waals surface area contributed by atoms with Crippen LogP contribution in [0.2, 0.25) is 0 Å². The van der Waals surface area contributed by atoms with Gasteiger partial charge in [0.05, 0.1) is 18.1 Å². The Morgan fingerprint density at radius 3 is 2.83 bits per heavy atom. The number of likely N-dealkylation sites (tertiary alicyclic amines) is 1. The number of carbonyl (C=O) groups is 2. The van der Waals surface area contributed by atoms with Gasteiger partial charge >= 0.3 is 0 Å². The minimum Gasteiger partial charge on any atom is -0.492 e. The molecule has 6 heteroatoms. The molecule has 1 saturated heterocycles. The van der Waals surface area contributed by atoms with Gasteiger partial charge in [-0.3, -0.25) is 15.0 Å². The van der Waals surface area contributed by atoms with Gasteiger partial charge in [-0.1, -0.05) is 26.0 Å². The molecule has 1 atom stereocenters. The highest BCUT2D eigenvalue weighted by Crippen LogP contribution is 2.24. The SMILES string of the molecule is CC(C)COc1ccccc1C(=O)N1CCCC(C(=O)NN)C1. The zero-order valence-corrected chi connectivity index (χ0v) is 13.7. The van der Waals surface area contributed by atoms with Crippen LogP contribution in [0.1, 0.15) is 37.0 Å². The van der Waals surface area contributed by atoms with E-state index in [-0.39, 0.29) is 17.7 Å². The normalized spacial score (nSPS) is 17.9. The van der Waals surface area contributed by atoms with Gasteiger partial charge in [0.25, 0.3) is 5.91 Å². The fourth-order valence-corrected chi connectivity index (χ4v) is 2.69. The van der Waals surface area contributed by atoms with Crippen LogP contribution in [0.4, 0.5) is 0 Å². The molecule has 0 aromatic heterocycles. The van der Waals surface area contributed by atoms with Crippen molar-refractivity contribution in [3.63, 3.8) is 0 Å². The molecule has 3 N–H and O–H groups in total. The van der Waals surface area contributed by atoms with Crippen molar-refractivity contribution in [2.24, 2.45) is 17.7 Å². The zero-order chi connectivity index (χ0) is 16.8. The minimum atomic E-state index is -0.249. The van der Waals surface area contributed by atoms with Crippen molar-refractivity contribution in [2.75, 3.05) is 19.7 Å². The van der Waals surface area contributed by atoms with Crippen molar-refractivity contribution in [3.8, 4) is 5.75 Å². The fourth-order valence-electron chi connectivity index (χ4n) is 2.69. The van der Waals surface area contributed by atoms with Crippen LogP contribution in [0.3, 0.4) is 0 Å². The maximum atomic E-state index is 12.8. The van der Waals surface area contributed by atoms with Crippen LogP contribution in [-0.4, -0.2) is 36.4 Å². The summed E-state index contributed by atoms with van der Waals surface area (Å²) in [6.07, 6.45) is 1.54. The van der Waals surface area contributed by atoms with Crippen LogP contribution in [0, 0.1) is 11.8 Å². The molecule has 1 fully saturated rings. The predicted octanol–water partition coefficient (Wildman–Crippen LogP) is 1.56. The number of hydrogen-bond acceptors (Lipinski definition) is 4. The standard InChI is InChI=1S/C17H25N3O3/c1-12(2)11-23-15-8-4-3-7-14(15)17(22)20-9-5-6-13(10-20)16(21)19-18/h3-4,7-8,12-13H,5-6,9-11,18H2,1-2H3,(H,19,21). The van der Waals surface area contributed by atoms with Gasteiger partial charge in [0, 0.05) is 13.1 Å². The van der Waals surface area contributed by atoms with Gasteiger partial charge in [-0.15, -0.1) is 0 Å². The van der Waals surface area contributed by atoms with Gasteiger partial charge in [0.15, 0.2) is 0 Å². The van der Waals surface area contributed by atoms with E-state index in [4.69, 9.17) is 10.6 Å². The van der Waals surface area contributed by atoms with Crippen LogP contribution < -0.4 is 16.0 Å². The Bertz CT molecular complexity index is 560. The number of hydrogen-bond donors (Lipinski definition) is 2. The Balaban J connectivity index is 2.12. The third kappa shape index (κ3) is 4.45. The molecule has 0 bridgehead atoms. The van der Waals surface area contributed by atoms with E-state index in [1.54, 1.807) is 11.0 Å². The first-order valence-corrected chi connectivity index (χ1v) is 8.04. The van der Waals surface area contributed by atoms with Crippen LogP contribution in [0.15, 0.2) is 24.3 Å². The molecule has 6 nitrogen and oxygen atoms in total. The van der Waals surface area contributed by atoms with Gasteiger partial charge < -0.3 is 9.64 Å². The fraction of sp³-hybridized carbons (Fsp3) is 0.529. The number of nitrogens with two attached hydrogens (primary N) is 1. The molecule has 126 valence electrons. The summed E-state index contributed by atoms with van der Waals surface area (Å²) >= 11 is 0. The number of amides is 2. The summed E-state index contributed by atoms with van der Waals surface area (Å²) in [5.41, 5.74) is 2.72. The molecular formula is C17H25N3O3. The highest BCUT2D eigenvalue weighted by atomic mass is 16.5. The molecular weight excluding hydrogens is 294 g/mol. The molecule has 1 aromatic carbocycles. The Labute approximate surface area is 136 Å². The number of benzene rings is 1. The average molecular weight is 319 g/mol. The highest BCUT2D eigenvalue weighted by Gasteiger charge is 2.29. The number of carbonyl (C=O) groups excluding carboxylic acids is 2. The lowest BCUT2D eigenvalue weighted by atomic mass is 9.96. The van der Waals surface area contributed by atoms with Crippen molar-refractivity contribution in [1.82, 2.24) is 10.3 Å². The highest BCUT2D eigenvalue weighted by molar-refractivity contribution is 5.97. The zero-order valence-electron chi connectivity index (χ0n) is 13.7. The molecule has 1 heterocycles. The third-order valence-electron chi connectivity index (χ3n) is 3.91.